The maximum atomic E-state index is 12.0. The lowest BCUT2D eigenvalue weighted by molar-refractivity contribution is -0.141. The molecule has 0 fully saturated rings. The molecule has 2 unspecified atom stereocenters. The van der Waals surface area contributed by atoms with Gasteiger partial charge in [0.05, 0.1) is 12.7 Å². The van der Waals surface area contributed by atoms with E-state index < -0.39 is 0 Å². The molecule has 22 heavy (non-hydrogen) atoms. The fourth-order valence-corrected chi connectivity index (χ4v) is 2.83. The van der Waals surface area contributed by atoms with Crippen molar-refractivity contribution in [2.45, 2.75) is 71.8 Å². The Labute approximate surface area is 134 Å². The van der Waals surface area contributed by atoms with Gasteiger partial charge in [0.25, 0.3) is 0 Å². The van der Waals surface area contributed by atoms with Crippen molar-refractivity contribution in [1.82, 2.24) is 0 Å². The molecule has 0 aromatic heterocycles. The van der Waals surface area contributed by atoms with Gasteiger partial charge in [0.2, 0.25) is 0 Å². The predicted octanol–water partition coefficient (Wildman–Crippen LogP) is 3.83. The first-order valence-corrected chi connectivity index (χ1v) is 8.53. The predicted molar refractivity (Wildman–Crippen MR) is 86.6 cm³/mol. The summed E-state index contributed by atoms with van der Waals surface area (Å²) in [5.74, 6) is 0.347. The Balaban J connectivity index is 2.12. The fourth-order valence-electron chi connectivity index (χ4n) is 2.83. The van der Waals surface area contributed by atoms with Gasteiger partial charge in [0.15, 0.2) is 5.78 Å². The smallest absolute Gasteiger partial charge is 0.302 e. The molecule has 1 aliphatic rings. The number of rotatable bonds is 11. The maximum Gasteiger partial charge on any atom is 0.302 e. The number of hydrogen-bond acceptors (Lipinski definition) is 4. The molecule has 1 rings (SSSR count). The van der Waals surface area contributed by atoms with Gasteiger partial charge in [-0.2, -0.15) is 0 Å². The van der Waals surface area contributed by atoms with E-state index >= 15 is 0 Å². The van der Waals surface area contributed by atoms with Gasteiger partial charge >= 0.3 is 5.97 Å². The lowest BCUT2D eigenvalue weighted by Crippen LogP contribution is -2.18. The van der Waals surface area contributed by atoms with Crippen LogP contribution in [0.25, 0.3) is 0 Å². The van der Waals surface area contributed by atoms with E-state index in [0.29, 0.717) is 25.4 Å². The zero-order valence-corrected chi connectivity index (χ0v) is 14.2. The van der Waals surface area contributed by atoms with Gasteiger partial charge in [-0.05, 0) is 38.7 Å². The minimum atomic E-state index is -0.206. The van der Waals surface area contributed by atoms with Crippen molar-refractivity contribution in [3.63, 3.8) is 0 Å². The van der Waals surface area contributed by atoms with E-state index in [1.165, 1.54) is 6.92 Å². The van der Waals surface area contributed by atoms with Crippen LogP contribution in [0.4, 0.5) is 0 Å². The number of carbonyl (C=O) groups is 2. The van der Waals surface area contributed by atoms with Gasteiger partial charge in [-0.3, -0.25) is 9.59 Å². The molecule has 126 valence electrons. The second-order valence-corrected chi connectivity index (χ2v) is 6.00. The highest BCUT2D eigenvalue weighted by molar-refractivity contribution is 5.98. The molecule has 1 aliphatic carbocycles. The van der Waals surface area contributed by atoms with Crippen LogP contribution in [0.5, 0.6) is 0 Å². The molecule has 0 aromatic rings. The number of ketones is 1. The van der Waals surface area contributed by atoms with E-state index in [1.54, 1.807) is 0 Å². The maximum absolute atomic E-state index is 12.0. The Bertz CT molecular complexity index is 387. The average Bonchev–Trinajstić information content (AvgIpc) is 2.83. The molecule has 0 aliphatic heterocycles. The quantitative estimate of drug-likeness (QED) is 0.430. The third kappa shape index (κ3) is 7.21. The molecule has 0 saturated heterocycles. The largest absolute Gasteiger partial charge is 0.466 e. The average molecular weight is 310 g/mol. The summed E-state index contributed by atoms with van der Waals surface area (Å²) in [5.41, 5.74) is 0.997. The SMILES string of the molecule is CCOC(C)C1C=C(CCCCCCCOC(C)=O)C(=O)C1. The third-order valence-electron chi connectivity index (χ3n) is 4.12. The van der Waals surface area contributed by atoms with Gasteiger partial charge in [-0.25, -0.2) is 0 Å². The topological polar surface area (TPSA) is 52.6 Å². The van der Waals surface area contributed by atoms with Crippen LogP contribution in [-0.4, -0.2) is 31.1 Å². The van der Waals surface area contributed by atoms with E-state index in [1.807, 2.05) is 13.8 Å². The van der Waals surface area contributed by atoms with Gasteiger partial charge in [-0.15, -0.1) is 0 Å². The Hall–Kier alpha value is -1.16. The van der Waals surface area contributed by atoms with Crippen molar-refractivity contribution in [2.75, 3.05) is 13.2 Å². The molecule has 4 nitrogen and oxygen atoms in total. The minimum Gasteiger partial charge on any atom is -0.466 e. The monoisotopic (exact) mass is 310 g/mol. The fraction of sp³-hybridized carbons (Fsp3) is 0.778. The van der Waals surface area contributed by atoms with Gasteiger partial charge in [-0.1, -0.05) is 25.3 Å². The van der Waals surface area contributed by atoms with Crippen LogP contribution in [0.2, 0.25) is 0 Å². The summed E-state index contributed by atoms with van der Waals surface area (Å²) in [4.78, 5) is 22.6. The molecular formula is C18H30O4. The summed E-state index contributed by atoms with van der Waals surface area (Å²) in [5, 5.41) is 0. The number of hydrogen-bond donors (Lipinski definition) is 0. The highest BCUT2D eigenvalue weighted by atomic mass is 16.5. The van der Waals surface area contributed by atoms with Crippen molar-refractivity contribution in [3.05, 3.63) is 11.6 Å². The molecule has 0 N–H and O–H groups in total. The minimum absolute atomic E-state index is 0.132. The molecule has 0 amide bonds. The second-order valence-electron chi connectivity index (χ2n) is 6.00. The lowest BCUT2D eigenvalue weighted by atomic mass is 10.0. The van der Waals surface area contributed by atoms with Crippen LogP contribution < -0.4 is 0 Å². The van der Waals surface area contributed by atoms with Gasteiger partial charge in [0.1, 0.15) is 0 Å². The van der Waals surface area contributed by atoms with Crippen LogP contribution in [0.15, 0.2) is 11.6 Å². The van der Waals surface area contributed by atoms with E-state index in [2.05, 4.69) is 6.08 Å². The molecular weight excluding hydrogens is 280 g/mol. The number of allylic oxidation sites excluding steroid dienone is 1. The summed E-state index contributed by atoms with van der Waals surface area (Å²) in [6, 6.07) is 0. The van der Waals surface area contributed by atoms with Crippen LogP contribution in [0.1, 0.15) is 65.7 Å². The van der Waals surface area contributed by atoms with Crippen LogP contribution >= 0.6 is 0 Å². The number of carbonyl (C=O) groups excluding carboxylic acids is 2. The van der Waals surface area contributed by atoms with Crippen molar-refractivity contribution in [2.24, 2.45) is 5.92 Å². The molecule has 0 saturated carbocycles. The van der Waals surface area contributed by atoms with E-state index in [4.69, 9.17) is 9.47 Å². The Morgan fingerprint density at radius 3 is 2.64 bits per heavy atom. The Morgan fingerprint density at radius 1 is 1.27 bits per heavy atom. The first-order valence-electron chi connectivity index (χ1n) is 8.53. The first-order chi connectivity index (χ1) is 10.5. The number of esters is 1. The highest BCUT2D eigenvalue weighted by Crippen LogP contribution is 2.28. The standard InChI is InChI=1S/C18H30O4/c1-4-21-14(2)17-12-16(18(20)13-17)10-8-6-5-7-9-11-22-15(3)19/h12,14,17H,4-11,13H2,1-3H3. The molecule has 2 atom stereocenters. The van der Waals surface area contributed by atoms with Gasteiger partial charge < -0.3 is 9.47 Å². The summed E-state index contributed by atoms with van der Waals surface area (Å²) < 4.78 is 10.5. The Morgan fingerprint density at radius 2 is 1.95 bits per heavy atom. The van der Waals surface area contributed by atoms with Crippen LogP contribution in [-0.2, 0) is 19.1 Å². The number of Topliss-reactive ketones (excluding diaryl/α,β-unsaturated/α-hetero) is 1. The zero-order valence-electron chi connectivity index (χ0n) is 14.2. The zero-order chi connectivity index (χ0) is 16.4. The highest BCUT2D eigenvalue weighted by Gasteiger charge is 2.27. The lowest BCUT2D eigenvalue weighted by Gasteiger charge is -2.16. The first kappa shape index (κ1) is 18.9. The van der Waals surface area contributed by atoms with Crippen LogP contribution in [0, 0.1) is 5.92 Å². The molecule has 4 heteroatoms. The normalized spacial score (nSPS) is 19.1. The van der Waals surface area contributed by atoms with Crippen molar-refractivity contribution < 1.29 is 19.1 Å². The molecule has 0 bridgehead atoms. The Kier molecular flexibility index (Phi) is 9.05. The molecule has 0 heterocycles. The van der Waals surface area contributed by atoms with Crippen molar-refractivity contribution in [1.29, 1.82) is 0 Å². The summed E-state index contributed by atoms with van der Waals surface area (Å²) >= 11 is 0. The molecule has 0 aromatic carbocycles. The number of ether oxygens (including phenoxy) is 2. The summed E-state index contributed by atoms with van der Waals surface area (Å²) in [7, 11) is 0. The van der Waals surface area contributed by atoms with E-state index in [-0.39, 0.29) is 18.0 Å². The third-order valence-corrected chi connectivity index (χ3v) is 4.12. The molecule has 0 radical (unpaired) electrons. The van der Waals surface area contributed by atoms with Gasteiger partial charge in [0, 0.05) is 25.9 Å². The van der Waals surface area contributed by atoms with Crippen molar-refractivity contribution in [3.8, 4) is 0 Å². The summed E-state index contributed by atoms with van der Waals surface area (Å²) in [6.07, 6.45) is 9.06. The summed E-state index contributed by atoms with van der Waals surface area (Å²) in [6.45, 7) is 6.69. The second kappa shape index (κ2) is 10.5. The van der Waals surface area contributed by atoms with Crippen LogP contribution in [0.3, 0.4) is 0 Å². The van der Waals surface area contributed by atoms with E-state index in [0.717, 1.165) is 44.1 Å². The molecule has 0 spiro atoms. The number of unbranched alkanes of at least 4 members (excludes halogenated alkanes) is 4. The van der Waals surface area contributed by atoms with E-state index in [9.17, 15) is 9.59 Å². The van der Waals surface area contributed by atoms with Crippen molar-refractivity contribution >= 4 is 11.8 Å².